The third-order valence-corrected chi connectivity index (χ3v) is 3.74. The van der Waals surface area contributed by atoms with E-state index in [0.29, 0.717) is 15.6 Å². The summed E-state index contributed by atoms with van der Waals surface area (Å²) in [6.07, 6.45) is 2.09. The normalized spacial score (nSPS) is 18.2. The Morgan fingerprint density at radius 3 is 2.41 bits per heavy atom. The van der Waals surface area contributed by atoms with Crippen molar-refractivity contribution in [3.63, 3.8) is 0 Å². The first-order chi connectivity index (χ1) is 8.09. The van der Waals surface area contributed by atoms with Crippen molar-refractivity contribution >= 4 is 29.2 Å². The van der Waals surface area contributed by atoms with E-state index in [1.807, 2.05) is 4.90 Å². The number of aliphatic carboxylic acids is 1. The summed E-state index contributed by atoms with van der Waals surface area (Å²) in [6, 6.07) is 4.39. The van der Waals surface area contributed by atoms with E-state index in [9.17, 15) is 9.90 Å². The van der Waals surface area contributed by atoms with Crippen molar-refractivity contribution in [3.8, 4) is 0 Å². The number of carbonyl (C=O) groups is 1. The van der Waals surface area contributed by atoms with Crippen LogP contribution < -0.4 is 0 Å². The number of nitrogens with zero attached hydrogens (tertiary/aromatic N) is 1. The van der Waals surface area contributed by atoms with Crippen molar-refractivity contribution in [2.75, 3.05) is 13.1 Å². The maximum Gasteiger partial charge on any atom is 0.325 e. The molecule has 1 atom stereocenters. The Labute approximate surface area is 110 Å². The smallest absolute Gasteiger partial charge is 0.325 e. The monoisotopic (exact) mass is 273 g/mol. The summed E-state index contributed by atoms with van der Waals surface area (Å²) < 4.78 is 0. The van der Waals surface area contributed by atoms with Crippen LogP contribution in [0.3, 0.4) is 0 Å². The lowest BCUT2D eigenvalue weighted by Crippen LogP contribution is -2.31. The minimum atomic E-state index is -0.842. The van der Waals surface area contributed by atoms with Gasteiger partial charge in [0, 0.05) is 0 Å². The van der Waals surface area contributed by atoms with Crippen molar-refractivity contribution in [1.29, 1.82) is 0 Å². The molecule has 92 valence electrons. The fraction of sp³-hybridized carbons (Fsp3) is 0.417. The van der Waals surface area contributed by atoms with Gasteiger partial charge in [-0.2, -0.15) is 0 Å². The van der Waals surface area contributed by atoms with Crippen molar-refractivity contribution in [2.45, 2.75) is 18.9 Å². The molecule has 0 amide bonds. The highest BCUT2D eigenvalue weighted by molar-refractivity contribution is 6.42. The zero-order valence-electron chi connectivity index (χ0n) is 9.20. The van der Waals surface area contributed by atoms with Crippen LogP contribution in [0.1, 0.15) is 24.4 Å². The minimum Gasteiger partial charge on any atom is -0.480 e. The van der Waals surface area contributed by atoms with Gasteiger partial charge in [0.05, 0.1) is 10.0 Å². The highest BCUT2D eigenvalue weighted by Crippen LogP contribution is 2.30. The highest BCUT2D eigenvalue weighted by atomic mass is 35.5. The molecule has 1 aromatic carbocycles. The number of hydrogen-bond donors (Lipinski definition) is 1. The van der Waals surface area contributed by atoms with Crippen molar-refractivity contribution in [1.82, 2.24) is 4.90 Å². The zero-order valence-corrected chi connectivity index (χ0v) is 10.7. The third-order valence-electron chi connectivity index (χ3n) is 3.00. The van der Waals surface area contributed by atoms with Crippen molar-refractivity contribution < 1.29 is 9.90 Å². The molecule has 1 heterocycles. The maximum absolute atomic E-state index is 11.4. The molecule has 0 radical (unpaired) electrons. The van der Waals surface area contributed by atoms with Crippen molar-refractivity contribution in [3.05, 3.63) is 33.8 Å². The van der Waals surface area contributed by atoms with E-state index in [-0.39, 0.29) is 0 Å². The van der Waals surface area contributed by atoms with Gasteiger partial charge in [0.1, 0.15) is 6.04 Å². The van der Waals surface area contributed by atoms with Crippen LogP contribution in [-0.2, 0) is 4.79 Å². The number of rotatable bonds is 3. The largest absolute Gasteiger partial charge is 0.480 e. The van der Waals surface area contributed by atoms with Crippen LogP contribution in [0.5, 0.6) is 0 Å². The second-order valence-electron chi connectivity index (χ2n) is 4.16. The number of likely N-dealkylation sites (tertiary alicyclic amines) is 1. The van der Waals surface area contributed by atoms with E-state index < -0.39 is 12.0 Å². The molecule has 5 heteroatoms. The van der Waals surface area contributed by atoms with E-state index in [2.05, 4.69) is 0 Å². The first-order valence-corrected chi connectivity index (χ1v) is 6.27. The van der Waals surface area contributed by atoms with E-state index in [4.69, 9.17) is 23.2 Å². The summed E-state index contributed by atoms with van der Waals surface area (Å²) in [5, 5.41) is 10.2. The molecule has 1 fully saturated rings. The van der Waals surface area contributed by atoms with E-state index >= 15 is 0 Å². The molecule has 0 aliphatic carbocycles. The molecule has 17 heavy (non-hydrogen) atoms. The Hall–Kier alpha value is -0.770. The molecule has 1 aliphatic heterocycles. The number of carboxylic acids is 1. The predicted octanol–water partition coefficient (Wildman–Crippen LogP) is 3.21. The van der Waals surface area contributed by atoms with Gasteiger partial charge < -0.3 is 5.11 Å². The number of carboxylic acid groups (broad SMARTS) is 1. The summed E-state index contributed by atoms with van der Waals surface area (Å²) >= 11 is 11.8. The standard InChI is InChI=1S/C12H13Cl2NO2/c13-9-4-3-8(7-10(9)14)11(12(16)17)15-5-1-2-6-15/h3-4,7,11H,1-2,5-6H2,(H,16,17). The second-order valence-corrected chi connectivity index (χ2v) is 4.97. The number of benzene rings is 1. The Morgan fingerprint density at radius 1 is 1.24 bits per heavy atom. The Morgan fingerprint density at radius 2 is 1.88 bits per heavy atom. The topological polar surface area (TPSA) is 40.5 Å². The van der Waals surface area contributed by atoms with Crippen LogP contribution in [0.4, 0.5) is 0 Å². The quantitative estimate of drug-likeness (QED) is 0.920. The lowest BCUT2D eigenvalue weighted by Gasteiger charge is -2.24. The molecule has 2 rings (SSSR count). The molecular formula is C12H13Cl2NO2. The predicted molar refractivity (Wildman–Crippen MR) is 67.6 cm³/mol. The molecule has 1 N–H and O–H groups in total. The summed E-state index contributed by atoms with van der Waals surface area (Å²) in [4.78, 5) is 13.3. The minimum absolute atomic E-state index is 0.398. The SMILES string of the molecule is O=C(O)C(c1ccc(Cl)c(Cl)c1)N1CCCC1. The molecule has 3 nitrogen and oxygen atoms in total. The summed E-state index contributed by atoms with van der Waals surface area (Å²) in [5.41, 5.74) is 0.689. The van der Waals surface area contributed by atoms with Gasteiger partial charge in [-0.3, -0.25) is 9.69 Å². The molecule has 0 spiro atoms. The van der Waals surface area contributed by atoms with E-state index in [0.717, 1.165) is 25.9 Å². The molecule has 0 saturated carbocycles. The lowest BCUT2D eigenvalue weighted by atomic mass is 10.1. The molecule has 1 aromatic rings. The molecule has 1 unspecified atom stereocenters. The Balaban J connectivity index is 2.31. The van der Waals surface area contributed by atoms with Gasteiger partial charge in [0.2, 0.25) is 0 Å². The van der Waals surface area contributed by atoms with Crippen LogP contribution in [0.2, 0.25) is 10.0 Å². The van der Waals surface area contributed by atoms with Gasteiger partial charge in [-0.15, -0.1) is 0 Å². The van der Waals surface area contributed by atoms with Gasteiger partial charge in [-0.05, 0) is 43.6 Å². The summed E-state index contributed by atoms with van der Waals surface area (Å²) in [5.74, 6) is -0.842. The Bertz CT molecular complexity index is 431. The van der Waals surface area contributed by atoms with Crippen LogP contribution in [0.15, 0.2) is 18.2 Å². The van der Waals surface area contributed by atoms with Crippen LogP contribution in [0.25, 0.3) is 0 Å². The van der Waals surface area contributed by atoms with E-state index in [1.54, 1.807) is 18.2 Å². The average molecular weight is 274 g/mol. The molecule has 0 bridgehead atoms. The summed E-state index contributed by atoms with van der Waals surface area (Å²) in [7, 11) is 0. The zero-order chi connectivity index (χ0) is 12.4. The fourth-order valence-corrected chi connectivity index (χ4v) is 2.50. The molecular weight excluding hydrogens is 261 g/mol. The van der Waals surface area contributed by atoms with Gasteiger partial charge >= 0.3 is 5.97 Å². The molecule has 1 saturated heterocycles. The van der Waals surface area contributed by atoms with Crippen LogP contribution in [-0.4, -0.2) is 29.1 Å². The second kappa shape index (κ2) is 5.25. The lowest BCUT2D eigenvalue weighted by molar-refractivity contribution is -0.143. The van der Waals surface area contributed by atoms with E-state index in [1.165, 1.54) is 0 Å². The average Bonchev–Trinajstić information content (AvgIpc) is 2.76. The maximum atomic E-state index is 11.4. The first-order valence-electron chi connectivity index (χ1n) is 5.51. The Kier molecular flexibility index (Phi) is 3.92. The number of halogens is 2. The van der Waals surface area contributed by atoms with Crippen LogP contribution in [0, 0.1) is 0 Å². The molecule has 0 aromatic heterocycles. The molecule has 1 aliphatic rings. The first kappa shape index (κ1) is 12.7. The van der Waals surface area contributed by atoms with Gasteiger partial charge in [-0.1, -0.05) is 29.3 Å². The van der Waals surface area contributed by atoms with Gasteiger partial charge in [-0.25, -0.2) is 0 Å². The van der Waals surface area contributed by atoms with Gasteiger partial charge in [0.15, 0.2) is 0 Å². The third kappa shape index (κ3) is 2.73. The number of hydrogen-bond acceptors (Lipinski definition) is 2. The van der Waals surface area contributed by atoms with Crippen molar-refractivity contribution in [2.24, 2.45) is 0 Å². The van der Waals surface area contributed by atoms with Crippen LogP contribution >= 0.6 is 23.2 Å². The summed E-state index contributed by atoms with van der Waals surface area (Å²) in [6.45, 7) is 1.63. The highest BCUT2D eigenvalue weighted by Gasteiger charge is 2.29. The fourth-order valence-electron chi connectivity index (χ4n) is 2.19. The van der Waals surface area contributed by atoms with Gasteiger partial charge in [0.25, 0.3) is 0 Å².